The van der Waals surface area contributed by atoms with Gasteiger partial charge >= 0.3 is 0 Å². The number of hydrogen-bond acceptors (Lipinski definition) is 5. The fourth-order valence-electron chi connectivity index (χ4n) is 4.58. The van der Waals surface area contributed by atoms with Crippen LogP contribution in [0.15, 0.2) is 53.6 Å². The van der Waals surface area contributed by atoms with Crippen LogP contribution in [0, 0.1) is 13.8 Å². The zero-order valence-corrected chi connectivity index (χ0v) is 19.0. The number of pyridine rings is 1. The lowest BCUT2D eigenvalue weighted by atomic mass is 9.92. The summed E-state index contributed by atoms with van der Waals surface area (Å²) < 4.78 is 1.42. The number of anilines is 1. The molecule has 6 nitrogen and oxygen atoms in total. The Morgan fingerprint density at radius 3 is 2.66 bits per heavy atom. The van der Waals surface area contributed by atoms with E-state index in [9.17, 15) is 4.79 Å². The maximum Gasteiger partial charge on any atom is 0.274 e. The highest BCUT2D eigenvalue weighted by Gasteiger charge is 2.23. The number of aromatic nitrogens is 4. The number of hydrogen-bond donors (Lipinski definition) is 0. The molecular weight excluding hydrogens is 398 g/mol. The third-order valence-electron chi connectivity index (χ3n) is 6.48. The van der Waals surface area contributed by atoms with Crippen molar-refractivity contribution in [1.29, 1.82) is 0 Å². The molecule has 0 aliphatic carbocycles. The SMILES string of the molecule is Cc1c(N2CCc3ncc(-c4ccccc4C(C)C)cc3C2)nn2c(=O)ccnc2c1C. The Balaban J connectivity index is 1.56. The van der Waals surface area contributed by atoms with E-state index in [2.05, 4.69) is 61.0 Å². The van der Waals surface area contributed by atoms with E-state index in [0.717, 1.165) is 41.2 Å². The van der Waals surface area contributed by atoms with Gasteiger partial charge in [0.05, 0.1) is 0 Å². The minimum absolute atomic E-state index is 0.161. The Morgan fingerprint density at radius 2 is 1.84 bits per heavy atom. The van der Waals surface area contributed by atoms with Crippen molar-refractivity contribution in [2.75, 3.05) is 11.4 Å². The van der Waals surface area contributed by atoms with Gasteiger partial charge in [-0.1, -0.05) is 38.1 Å². The van der Waals surface area contributed by atoms with E-state index >= 15 is 0 Å². The van der Waals surface area contributed by atoms with Crippen LogP contribution in [-0.2, 0) is 13.0 Å². The summed E-state index contributed by atoms with van der Waals surface area (Å²) >= 11 is 0. The van der Waals surface area contributed by atoms with E-state index in [0.29, 0.717) is 18.1 Å². The summed E-state index contributed by atoms with van der Waals surface area (Å²) in [6.45, 7) is 10.0. The highest BCUT2D eigenvalue weighted by Crippen LogP contribution is 2.32. The number of nitrogens with zero attached hydrogens (tertiary/aromatic N) is 5. The second kappa shape index (κ2) is 7.86. The second-order valence-corrected chi connectivity index (χ2v) is 8.84. The molecule has 0 N–H and O–H groups in total. The molecule has 0 amide bonds. The lowest BCUT2D eigenvalue weighted by molar-refractivity contribution is 0.684. The number of aryl methyl sites for hydroxylation is 1. The highest BCUT2D eigenvalue weighted by atomic mass is 16.1. The van der Waals surface area contributed by atoms with E-state index in [-0.39, 0.29) is 5.56 Å². The molecule has 6 heteroatoms. The van der Waals surface area contributed by atoms with E-state index < -0.39 is 0 Å². The van der Waals surface area contributed by atoms with Crippen molar-refractivity contribution >= 4 is 11.5 Å². The van der Waals surface area contributed by atoms with Gasteiger partial charge in [0.15, 0.2) is 11.5 Å². The van der Waals surface area contributed by atoms with Crippen molar-refractivity contribution in [3.63, 3.8) is 0 Å². The maximum absolute atomic E-state index is 12.4. The Bertz CT molecular complexity index is 1390. The Labute approximate surface area is 187 Å². The van der Waals surface area contributed by atoms with Crippen LogP contribution >= 0.6 is 0 Å². The van der Waals surface area contributed by atoms with Crippen molar-refractivity contribution in [2.24, 2.45) is 0 Å². The van der Waals surface area contributed by atoms with Crippen LogP contribution in [-0.4, -0.2) is 26.1 Å². The predicted molar refractivity (Wildman–Crippen MR) is 127 cm³/mol. The zero-order valence-electron chi connectivity index (χ0n) is 19.0. The molecule has 5 rings (SSSR count). The summed E-state index contributed by atoms with van der Waals surface area (Å²) in [5, 5.41) is 4.70. The molecule has 0 saturated heterocycles. The minimum atomic E-state index is -0.161. The molecule has 1 aliphatic rings. The lowest BCUT2D eigenvalue weighted by Gasteiger charge is -2.31. The molecule has 32 heavy (non-hydrogen) atoms. The van der Waals surface area contributed by atoms with Crippen LogP contribution in [0.2, 0.25) is 0 Å². The van der Waals surface area contributed by atoms with Crippen LogP contribution in [0.1, 0.15) is 47.7 Å². The number of benzene rings is 1. The molecular formula is C26H27N5O. The average Bonchev–Trinajstić information content (AvgIpc) is 2.81. The van der Waals surface area contributed by atoms with Crippen LogP contribution < -0.4 is 10.5 Å². The second-order valence-electron chi connectivity index (χ2n) is 8.84. The Hall–Kier alpha value is -3.54. The first kappa shape index (κ1) is 20.4. The summed E-state index contributed by atoms with van der Waals surface area (Å²) in [6, 6.07) is 12.3. The quantitative estimate of drug-likeness (QED) is 0.485. The molecule has 1 aliphatic heterocycles. The summed E-state index contributed by atoms with van der Waals surface area (Å²) in [4.78, 5) is 23.8. The first-order valence-electron chi connectivity index (χ1n) is 11.1. The van der Waals surface area contributed by atoms with Crippen LogP contribution in [0.3, 0.4) is 0 Å². The van der Waals surface area contributed by atoms with Gasteiger partial charge < -0.3 is 4.90 Å². The minimum Gasteiger partial charge on any atom is -0.350 e. The highest BCUT2D eigenvalue weighted by molar-refractivity contribution is 5.68. The van der Waals surface area contributed by atoms with Crippen molar-refractivity contribution in [1.82, 2.24) is 19.6 Å². The fourth-order valence-corrected chi connectivity index (χ4v) is 4.58. The predicted octanol–water partition coefficient (Wildman–Crippen LogP) is 4.45. The van der Waals surface area contributed by atoms with Crippen molar-refractivity contribution in [2.45, 2.75) is 46.6 Å². The summed E-state index contributed by atoms with van der Waals surface area (Å²) in [5.74, 6) is 1.28. The molecule has 4 heterocycles. The van der Waals surface area contributed by atoms with Crippen molar-refractivity contribution < 1.29 is 0 Å². The van der Waals surface area contributed by atoms with Gasteiger partial charge in [-0.25, -0.2) is 4.98 Å². The Morgan fingerprint density at radius 1 is 1.03 bits per heavy atom. The molecule has 0 bridgehead atoms. The van der Waals surface area contributed by atoms with Gasteiger partial charge in [-0.2, -0.15) is 4.52 Å². The molecule has 0 radical (unpaired) electrons. The molecule has 162 valence electrons. The first-order valence-corrected chi connectivity index (χ1v) is 11.1. The molecule has 0 spiro atoms. The third kappa shape index (κ3) is 3.36. The number of rotatable bonds is 3. The van der Waals surface area contributed by atoms with Gasteiger partial charge in [0.1, 0.15) is 0 Å². The Kier molecular flexibility index (Phi) is 5.00. The van der Waals surface area contributed by atoms with E-state index in [1.54, 1.807) is 6.20 Å². The maximum atomic E-state index is 12.4. The fraction of sp³-hybridized carbons (Fsp3) is 0.308. The molecule has 0 fully saturated rings. The van der Waals surface area contributed by atoms with Crippen LogP contribution in [0.4, 0.5) is 5.82 Å². The van der Waals surface area contributed by atoms with Gasteiger partial charge in [-0.15, -0.1) is 5.10 Å². The molecule has 0 unspecified atom stereocenters. The van der Waals surface area contributed by atoms with Crippen molar-refractivity contribution in [3.8, 4) is 11.1 Å². The first-order chi connectivity index (χ1) is 15.4. The topological polar surface area (TPSA) is 63.4 Å². The summed E-state index contributed by atoms with van der Waals surface area (Å²) in [5.41, 5.74) is 8.56. The van der Waals surface area contributed by atoms with E-state index in [4.69, 9.17) is 10.1 Å². The molecule has 1 aromatic carbocycles. The van der Waals surface area contributed by atoms with Gasteiger partial charge in [-0.3, -0.25) is 9.78 Å². The lowest BCUT2D eigenvalue weighted by Crippen LogP contribution is -2.33. The largest absolute Gasteiger partial charge is 0.350 e. The smallest absolute Gasteiger partial charge is 0.274 e. The monoisotopic (exact) mass is 425 g/mol. The van der Waals surface area contributed by atoms with Crippen molar-refractivity contribution in [3.05, 3.63) is 87.1 Å². The molecule has 4 aromatic rings. The van der Waals surface area contributed by atoms with E-state index in [1.807, 2.05) is 13.1 Å². The zero-order chi connectivity index (χ0) is 22.4. The number of fused-ring (bicyclic) bond motifs is 2. The van der Waals surface area contributed by atoms with Gasteiger partial charge in [0.2, 0.25) is 0 Å². The van der Waals surface area contributed by atoms with Gasteiger partial charge in [0, 0.05) is 60.4 Å². The van der Waals surface area contributed by atoms with Crippen LogP contribution in [0.5, 0.6) is 0 Å². The van der Waals surface area contributed by atoms with Crippen LogP contribution in [0.25, 0.3) is 16.8 Å². The molecule has 3 aromatic heterocycles. The molecule has 0 saturated carbocycles. The van der Waals surface area contributed by atoms with Gasteiger partial charge in [0.25, 0.3) is 5.56 Å². The average molecular weight is 426 g/mol. The standard InChI is InChI=1S/C26H27N5O/c1-16(2)21-7-5-6-8-22(21)19-13-20-15-30(12-10-23(20)28-14-19)26-18(4)17(3)25-27-11-9-24(32)31(25)29-26/h5-9,11,13-14,16H,10,12,15H2,1-4H3. The normalized spacial score (nSPS) is 13.6. The third-order valence-corrected chi connectivity index (χ3v) is 6.48. The molecule has 0 atom stereocenters. The summed E-state index contributed by atoms with van der Waals surface area (Å²) in [7, 11) is 0. The summed E-state index contributed by atoms with van der Waals surface area (Å²) in [6.07, 6.45) is 4.40. The van der Waals surface area contributed by atoms with Gasteiger partial charge in [-0.05, 0) is 42.5 Å². The van der Waals surface area contributed by atoms with E-state index in [1.165, 1.54) is 27.3 Å².